The lowest BCUT2D eigenvalue weighted by Gasteiger charge is -2.23. The van der Waals surface area contributed by atoms with E-state index in [4.69, 9.17) is 13.9 Å². The Labute approximate surface area is 176 Å². The highest BCUT2D eigenvalue weighted by atomic mass is 16.5. The van der Waals surface area contributed by atoms with E-state index in [0.717, 1.165) is 48.6 Å². The minimum Gasteiger partial charge on any atom is -0.497 e. The number of carbonyl (C=O) groups is 1. The number of aromatic nitrogens is 2. The van der Waals surface area contributed by atoms with Gasteiger partial charge < -0.3 is 23.8 Å². The molecule has 0 bridgehead atoms. The van der Waals surface area contributed by atoms with Gasteiger partial charge in [-0.05, 0) is 42.7 Å². The normalized spacial score (nSPS) is 14.1. The number of furan rings is 1. The highest BCUT2D eigenvalue weighted by Gasteiger charge is 2.26. The number of aryl methyl sites for hydroxylation is 1. The number of fused-ring (bicyclic) bond motifs is 1. The van der Waals surface area contributed by atoms with Crippen molar-refractivity contribution in [2.45, 2.75) is 44.7 Å². The molecule has 1 unspecified atom stereocenters. The van der Waals surface area contributed by atoms with Crippen molar-refractivity contribution >= 4 is 5.91 Å². The molecule has 3 aromatic rings. The molecule has 2 aromatic heterocycles. The summed E-state index contributed by atoms with van der Waals surface area (Å²) in [5, 5.41) is 2.96. The van der Waals surface area contributed by atoms with E-state index < -0.39 is 0 Å². The van der Waals surface area contributed by atoms with Crippen LogP contribution in [0.15, 0.2) is 47.2 Å². The second kappa shape index (κ2) is 9.07. The van der Waals surface area contributed by atoms with Gasteiger partial charge in [-0.3, -0.25) is 4.79 Å². The number of imidazole rings is 1. The van der Waals surface area contributed by atoms with Gasteiger partial charge in [-0.15, -0.1) is 0 Å². The molecule has 30 heavy (non-hydrogen) atoms. The van der Waals surface area contributed by atoms with Crippen LogP contribution in [-0.2, 0) is 24.3 Å². The number of nitrogens with zero attached hydrogens (tertiary/aromatic N) is 2. The molecule has 0 saturated heterocycles. The third-order valence-corrected chi connectivity index (χ3v) is 5.56. The van der Waals surface area contributed by atoms with Gasteiger partial charge in [-0.1, -0.05) is 0 Å². The molecule has 1 N–H and O–H groups in total. The molecular formula is C23H27N3O4. The Morgan fingerprint density at radius 2 is 2.03 bits per heavy atom. The van der Waals surface area contributed by atoms with Gasteiger partial charge in [0.05, 0.1) is 27.0 Å². The summed E-state index contributed by atoms with van der Waals surface area (Å²) in [6.45, 7) is 1.29. The average molecular weight is 409 g/mol. The van der Waals surface area contributed by atoms with Crippen LogP contribution in [0.5, 0.6) is 11.5 Å². The topological polar surface area (TPSA) is 78.5 Å². The summed E-state index contributed by atoms with van der Waals surface area (Å²) in [7, 11) is 3.26. The fourth-order valence-corrected chi connectivity index (χ4v) is 4.00. The lowest BCUT2D eigenvalue weighted by molar-refractivity contribution is -0.121. The summed E-state index contributed by atoms with van der Waals surface area (Å²) in [5.74, 6) is 3.00. The molecule has 1 atom stereocenters. The molecule has 7 nitrogen and oxygen atoms in total. The summed E-state index contributed by atoms with van der Waals surface area (Å²) in [6.07, 6.45) is 7.05. The summed E-state index contributed by atoms with van der Waals surface area (Å²) in [6, 6.07) is 9.43. The average Bonchev–Trinajstić information content (AvgIpc) is 3.45. The van der Waals surface area contributed by atoms with Crippen LogP contribution in [0.25, 0.3) is 0 Å². The monoisotopic (exact) mass is 409 g/mol. The Hall–Kier alpha value is -3.22. The van der Waals surface area contributed by atoms with Gasteiger partial charge in [0.2, 0.25) is 5.91 Å². The first-order chi connectivity index (χ1) is 14.7. The predicted octanol–water partition coefficient (Wildman–Crippen LogP) is 3.67. The molecule has 0 aliphatic carbocycles. The Morgan fingerprint density at radius 3 is 2.73 bits per heavy atom. The van der Waals surface area contributed by atoms with Gasteiger partial charge in [0.1, 0.15) is 23.1 Å². The van der Waals surface area contributed by atoms with Crippen molar-refractivity contribution in [1.82, 2.24) is 14.9 Å². The largest absolute Gasteiger partial charge is 0.497 e. The van der Waals surface area contributed by atoms with Crippen LogP contribution in [-0.4, -0.2) is 29.7 Å². The molecule has 0 spiro atoms. The maximum atomic E-state index is 12.8. The number of benzene rings is 1. The molecule has 0 saturated carbocycles. The quantitative estimate of drug-likeness (QED) is 0.614. The number of rotatable bonds is 8. The van der Waals surface area contributed by atoms with Crippen LogP contribution in [0, 0.1) is 0 Å². The molecule has 3 heterocycles. The maximum Gasteiger partial charge on any atom is 0.221 e. The lowest BCUT2D eigenvalue weighted by Crippen LogP contribution is -2.26. The van der Waals surface area contributed by atoms with Crippen molar-refractivity contribution in [2.24, 2.45) is 0 Å². The van der Waals surface area contributed by atoms with Crippen LogP contribution in [0.1, 0.15) is 48.0 Å². The first kappa shape index (κ1) is 20.1. The zero-order valence-electron chi connectivity index (χ0n) is 17.4. The Morgan fingerprint density at radius 1 is 1.23 bits per heavy atom. The van der Waals surface area contributed by atoms with Crippen LogP contribution >= 0.6 is 0 Å². The van der Waals surface area contributed by atoms with E-state index in [1.807, 2.05) is 36.5 Å². The van der Waals surface area contributed by atoms with Crippen molar-refractivity contribution in [3.63, 3.8) is 0 Å². The Balaban J connectivity index is 1.65. The fraction of sp³-hybridized carbons (Fsp3) is 0.391. The number of carbonyl (C=O) groups excluding carboxylic acids is 1. The number of hydrogen-bond donors (Lipinski definition) is 1. The summed E-state index contributed by atoms with van der Waals surface area (Å²) in [5.41, 5.74) is 2.01. The number of hydrogen-bond acceptors (Lipinski definition) is 5. The van der Waals surface area contributed by atoms with E-state index >= 15 is 0 Å². The van der Waals surface area contributed by atoms with E-state index in [2.05, 4.69) is 14.9 Å². The highest BCUT2D eigenvalue weighted by molar-refractivity contribution is 5.77. The van der Waals surface area contributed by atoms with Gasteiger partial charge >= 0.3 is 0 Å². The first-order valence-electron chi connectivity index (χ1n) is 10.2. The number of methoxy groups -OCH3 is 2. The highest BCUT2D eigenvalue weighted by Crippen LogP contribution is 2.35. The lowest BCUT2D eigenvalue weighted by atomic mass is 9.91. The molecule has 4 rings (SSSR count). The van der Waals surface area contributed by atoms with Crippen molar-refractivity contribution in [3.05, 3.63) is 65.6 Å². The number of nitrogens with one attached hydrogen (secondary N) is 1. The smallest absolute Gasteiger partial charge is 0.221 e. The molecule has 0 radical (unpaired) electrons. The summed E-state index contributed by atoms with van der Waals surface area (Å²) >= 11 is 0. The predicted molar refractivity (Wildman–Crippen MR) is 112 cm³/mol. The molecular weight excluding hydrogens is 382 g/mol. The van der Waals surface area contributed by atoms with Crippen molar-refractivity contribution in [3.8, 4) is 11.5 Å². The van der Waals surface area contributed by atoms with Crippen molar-refractivity contribution in [2.75, 3.05) is 14.2 Å². The van der Waals surface area contributed by atoms with Gasteiger partial charge in [-0.25, -0.2) is 4.98 Å². The minimum atomic E-state index is -0.162. The van der Waals surface area contributed by atoms with E-state index in [1.54, 1.807) is 20.5 Å². The second-order valence-electron chi connectivity index (χ2n) is 7.47. The molecule has 1 aliphatic heterocycles. The van der Waals surface area contributed by atoms with E-state index in [0.29, 0.717) is 24.5 Å². The molecule has 1 aromatic carbocycles. The molecule has 1 aliphatic rings. The van der Waals surface area contributed by atoms with Crippen LogP contribution < -0.4 is 14.8 Å². The number of ether oxygens (including phenoxy) is 2. The first-order valence-corrected chi connectivity index (χ1v) is 10.2. The molecule has 0 fully saturated rings. The minimum absolute atomic E-state index is 0.0513. The molecule has 7 heteroatoms. The van der Waals surface area contributed by atoms with Crippen molar-refractivity contribution < 1.29 is 18.7 Å². The van der Waals surface area contributed by atoms with Gasteiger partial charge in [-0.2, -0.15) is 0 Å². The van der Waals surface area contributed by atoms with E-state index in [9.17, 15) is 4.79 Å². The zero-order valence-corrected chi connectivity index (χ0v) is 17.4. The van der Waals surface area contributed by atoms with Crippen LogP contribution in [0.4, 0.5) is 0 Å². The standard InChI is InChI=1S/C23H27N3O4/c1-28-18-10-16(11-19(12-18)29-2)20(13-23(27)25-14-17-6-5-9-30-17)21-15-24-22-7-3-4-8-26(21)22/h5-6,9-12,15,20H,3-4,7-8,13-14H2,1-2H3,(H,25,27). The number of amides is 1. The molecule has 1 amide bonds. The van der Waals surface area contributed by atoms with Gasteiger partial charge in [0.15, 0.2) is 0 Å². The Bertz CT molecular complexity index is 972. The van der Waals surface area contributed by atoms with E-state index in [-0.39, 0.29) is 11.8 Å². The Kier molecular flexibility index (Phi) is 6.07. The fourth-order valence-electron chi connectivity index (χ4n) is 4.00. The SMILES string of the molecule is COc1cc(OC)cc(C(CC(=O)NCc2ccco2)c2cnc3n2CCCC3)c1. The summed E-state index contributed by atoms with van der Waals surface area (Å²) < 4.78 is 18.5. The third kappa shape index (κ3) is 4.35. The zero-order chi connectivity index (χ0) is 20.9. The molecule has 158 valence electrons. The van der Waals surface area contributed by atoms with Crippen molar-refractivity contribution in [1.29, 1.82) is 0 Å². The third-order valence-electron chi connectivity index (χ3n) is 5.56. The van der Waals surface area contributed by atoms with Crippen LogP contribution in [0.2, 0.25) is 0 Å². The van der Waals surface area contributed by atoms with Crippen LogP contribution in [0.3, 0.4) is 0 Å². The van der Waals surface area contributed by atoms with Gasteiger partial charge in [0, 0.05) is 43.3 Å². The van der Waals surface area contributed by atoms with E-state index in [1.165, 1.54) is 0 Å². The summed E-state index contributed by atoms with van der Waals surface area (Å²) in [4.78, 5) is 17.5. The maximum absolute atomic E-state index is 12.8. The van der Waals surface area contributed by atoms with Gasteiger partial charge in [0.25, 0.3) is 0 Å². The second-order valence-corrected chi connectivity index (χ2v) is 7.47.